The molecule has 28 heavy (non-hydrogen) atoms. The van der Waals surface area contributed by atoms with Crippen molar-refractivity contribution in [2.24, 2.45) is 0 Å². The minimum absolute atomic E-state index is 0.275. The van der Waals surface area contributed by atoms with E-state index >= 15 is 0 Å². The van der Waals surface area contributed by atoms with Crippen molar-refractivity contribution in [1.82, 2.24) is 14.9 Å². The second kappa shape index (κ2) is 9.15. The molecule has 0 saturated carbocycles. The van der Waals surface area contributed by atoms with Gasteiger partial charge in [0.1, 0.15) is 0 Å². The Balaban J connectivity index is 1.78. The van der Waals surface area contributed by atoms with Crippen LogP contribution in [0.3, 0.4) is 0 Å². The van der Waals surface area contributed by atoms with Gasteiger partial charge in [-0.1, -0.05) is 0 Å². The van der Waals surface area contributed by atoms with Gasteiger partial charge in [-0.05, 0) is 49.9 Å². The summed E-state index contributed by atoms with van der Waals surface area (Å²) in [6, 6.07) is 8.65. The number of carbonyl (C=O) groups is 2. The summed E-state index contributed by atoms with van der Waals surface area (Å²) in [4.78, 5) is 29.7. The highest BCUT2D eigenvalue weighted by Crippen LogP contribution is 2.22. The Labute approximate surface area is 163 Å². The standard InChI is InChI=1S/C20H23N5O3/c1-28-12-4-10-22-20(27)18-24-17(16-5-2-3-11-25(16)18)19(26)23-15-8-6-14(13-21)7-9-15/h6-9H,2-5,10-12H2,1H3,(H,22,27)(H,23,26). The second-order valence-electron chi connectivity index (χ2n) is 6.58. The molecule has 146 valence electrons. The smallest absolute Gasteiger partial charge is 0.287 e. The molecule has 1 aliphatic rings. The van der Waals surface area contributed by atoms with E-state index in [1.807, 2.05) is 10.6 Å². The summed E-state index contributed by atoms with van der Waals surface area (Å²) >= 11 is 0. The second-order valence-corrected chi connectivity index (χ2v) is 6.58. The Morgan fingerprint density at radius 1 is 1.25 bits per heavy atom. The van der Waals surface area contributed by atoms with Gasteiger partial charge in [0.05, 0.1) is 17.3 Å². The van der Waals surface area contributed by atoms with Gasteiger partial charge < -0.3 is 19.9 Å². The molecule has 2 aromatic rings. The van der Waals surface area contributed by atoms with E-state index in [9.17, 15) is 9.59 Å². The number of amides is 2. The molecule has 2 heterocycles. The molecule has 0 spiro atoms. The van der Waals surface area contributed by atoms with Gasteiger partial charge in [-0.3, -0.25) is 9.59 Å². The van der Waals surface area contributed by atoms with Gasteiger partial charge in [0.15, 0.2) is 11.5 Å². The van der Waals surface area contributed by atoms with Crippen molar-refractivity contribution in [3.8, 4) is 6.07 Å². The molecule has 0 fully saturated rings. The maximum atomic E-state index is 12.8. The third-order valence-electron chi connectivity index (χ3n) is 4.62. The number of aromatic nitrogens is 2. The molecule has 0 unspecified atom stereocenters. The van der Waals surface area contributed by atoms with Crippen LogP contribution in [0.25, 0.3) is 0 Å². The number of imidazole rings is 1. The number of hydrogen-bond donors (Lipinski definition) is 2. The molecule has 2 N–H and O–H groups in total. The van der Waals surface area contributed by atoms with Crippen LogP contribution in [0, 0.1) is 11.3 Å². The van der Waals surface area contributed by atoms with Crippen molar-refractivity contribution >= 4 is 17.5 Å². The number of carbonyl (C=O) groups excluding carboxylic acids is 2. The first-order valence-corrected chi connectivity index (χ1v) is 9.32. The van der Waals surface area contributed by atoms with E-state index in [-0.39, 0.29) is 23.3 Å². The average molecular weight is 381 g/mol. The molecule has 0 atom stereocenters. The first-order chi connectivity index (χ1) is 13.6. The van der Waals surface area contributed by atoms with Crippen LogP contribution in [0.4, 0.5) is 5.69 Å². The summed E-state index contributed by atoms with van der Waals surface area (Å²) in [6.45, 7) is 1.73. The molecular weight excluding hydrogens is 358 g/mol. The molecule has 8 nitrogen and oxygen atoms in total. The van der Waals surface area contributed by atoms with Gasteiger partial charge in [-0.2, -0.15) is 5.26 Å². The first kappa shape index (κ1) is 19.6. The lowest BCUT2D eigenvalue weighted by molar-refractivity contribution is 0.0932. The number of nitrogens with one attached hydrogen (secondary N) is 2. The first-order valence-electron chi connectivity index (χ1n) is 9.32. The van der Waals surface area contributed by atoms with E-state index in [1.165, 1.54) is 0 Å². The third-order valence-corrected chi connectivity index (χ3v) is 4.62. The predicted molar refractivity (Wildman–Crippen MR) is 103 cm³/mol. The fourth-order valence-electron chi connectivity index (χ4n) is 3.21. The summed E-state index contributed by atoms with van der Waals surface area (Å²) in [5, 5.41) is 14.5. The molecule has 0 saturated heterocycles. The maximum Gasteiger partial charge on any atom is 0.287 e. The van der Waals surface area contributed by atoms with Crippen molar-refractivity contribution in [2.75, 3.05) is 25.6 Å². The van der Waals surface area contributed by atoms with E-state index in [0.29, 0.717) is 43.8 Å². The van der Waals surface area contributed by atoms with E-state index < -0.39 is 0 Å². The van der Waals surface area contributed by atoms with E-state index in [0.717, 1.165) is 18.5 Å². The molecule has 8 heteroatoms. The normalized spacial score (nSPS) is 12.7. The van der Waals surface area contributed by atoms with Crippen molar-refractivity contribution in [1.29, 1.82) is 5.26 Å². The van der Waals surface area contributed by atoms with Gasteiger partial charge in [0.2, 0.25) is 0 Å². The number of anilines is 1. The maximum absolute atomic E-state index is 12.8. The van der Waals surface area contributed by atoms with Gasteiger partial charge in [-0.25, -0.2) is 4.98 Å². The average Bonchev–Trinajstić information content (AvgIpc) is 3.11. The van der Waals surface area contributed by atoms with Gasteiger partial charge in [0, 0.05) is 32.5 Å². The summed E-state index contributed by atoms with van der Waals surface area (Å²) in [5.41, 5.74) is 2.17. The van der Waals surface area contributed by atoms with Crippen LogP contribution in [0.15, 0.2) is 24.3 Å². The summed E-state index contributed by atoms with van der Waals surface area (Å²) in [7, 11) is 1.62. The Hall–Kier alpha value is -3.18. The fraction of sp³-hybridized carbons (Fsp3) is 0.400. The Kier molecular flexibility index (Phi) is 6.40. The van der Waals surface area contributed by atoms with E-state index in [1.54, 1.807) is 31.4 Å². The van der Waals surface area contributed by atoms with Crippen LogP contribution in [0.5, 0.6) is 0 Å². The van der Waals surface area contributed by atoms with Crippen molar-refractivity contribution in [2.45, 2.75) is 32.2 Å². The highest BCUT2D eigenvalue weighted by Gasteiger charge is 2.27. The van der Waals surface area contributed by atoms with Gasteiger partial charge >= 0.3 is 0 Å². The molecule has 1 aromatic heterocycles. The SMILES string of the molecule is COCCCNC(=O)c1nc(C(=O)Nc2ccc(C#N)cc2)c2n1CCCC2. The number of nitrogens with zero attached hydrogens (tertiary/aromatic N) is 3. The lowest BCUT2D eigenvalue weighted by Gasteiger charge is -2.17. The number of nitriles is 1. The number of methoxy groups -OCH3 is 1. The number of fused-ring (bicyclic) bond motifs is 1. The number of ether oxygens (including phenoxy) is 1. The molecular formula is C20H23N5O3. The monoisotopic (exact) mass is 381 g/mol. The molecule has 3 rings (SSSR count). The Morgan fingerprint density at radius 2 is 2.04 bits per heavy atom. The van der Waals surface area contributed by atoms with E-state index in [4.69, 9.17) is 10.00 Å². The minimum atomic E-state index is -0.353. The van der Waals surface area contributed by atoms with Crippen molar-refractivity contribution in [3.63, 3.8) is 0 Å². The highest BCUT2D eigenvalue weighted by molar-refractivity contribution is 6.05. The minimum Gasteiger partial charge on any atom is -0.385 e. The van der Waals surface area contributed by atoms with Gasteiger partial charge in [-0.15, -0.1) is 0 Å². The lowest BCUT2D eigenvalue weighted by atomic mass is 10.1. The number of benzene rings is 1. The van der Waals surface area contributed by atoms with Crippen LogP contribution < -0.4 is 10.6 Å². The quantitative estimate of drug-likeness (QED) is 0.714. The molecule has 1 aromatic carbocycles. The highest BCUT2D eigenvalue weighted by atomic mass is 16.5. The Morgan fingerprint density at radius 3 is 2.75 bits per heavy atom. The van der Waals surface area contributed by atoms with Crippen LogP contribution >= 0.6 is 0 Å². The van der Waals surface area contributed by atoms with Crippen LogP contribution in [0.2, 0.25) is 0 Å². The number of hydrogen-bond acceptors (Lipinski definition) is 5. The molecule has 1 aliphatic heterocycles. The molecule has 2 amide bonds. The van der Waals surface area contributed by atoms with Crippen LogP contribution in [0.1, 0.15) is 51.6 Å². The zero-order valence-corrected chi connectivity index (χ0v) is 15.8. The van der Waals surface area contributed by atoms with Crippen molar-refractivity contribution in [3.05, 3.63) is 47.0 Å². The topological polar surface area (TPSA) is 109 Å². The van der Waals surface area contributed by atoms with E-state index in [2.05, 4.69) is 15.6 Å². The summed E-state index contributed by atoms with van der Waals surface area (Å²) < 4.78 is 6.83. The van der Waals surface area contributed by atoms with Crippen LogP contribution in [-0.4, -0.2) is 41.6 Å². The molecule has 0 bridgehead atoms. The zero-order valence-electron chi connectivity index (χ0n) is 15.8. The summed E-state index contributed by atoms with van der Waals surface area (Å²) in [5.74, 6) is -0.359. The zero-order chi connectivity index (χ0) is 19.9. The molecule has 0 aliphatic carbocycles. The third kappa shape index (κ3) is 4.38. The molecule has 0 radical (unpaired) electrons. The summed E-state index contributed by atoms with van der Waals surface area (Å²) in [6.07, 6.45) is 3.32. The van der Waals surface area contributed by atoms with Gasteiger partial charge in [0.25, 0.3) is 11.8 Å². The van der Waals surface area contributed by atoms with Crippen molar-refractivity contribution < 1.29 is 14.3 Å². The fourth-order valence-corrected chi connectivity index (χ4v) is 3.21. The predicted octanol–water partition coefficient (Wildman–Crippen LogP) is 2.11. The van der Waals surface area contributed by atoms with Crippen LogP contribution in [-0.2, 0) is 17.7 Å². The number of rotatable bonds is 7. The largest absolute Gasteiger partial charge is 0.385 e. The Bertz CT molecular complexity index is 896. The lowest BCUT2D eigenvalue weighted by Crippen LogP contribution is -2.29.